The van der Waals surface area contributed by atoms with E-state index < -0.39 is 10.0 Å². The molecule has 0 aromatic heterocycles. The Morgan fingerprint density at radius 1 is 1.11 bits per heavy atom. The van der Waals surface area contributed by atoms with Crippen LogP contribution >= 0.6 is 0 Å². The van der Waals surface area contributed by atoms with Crippen LogP contribution < -0.4 is 9.46 Å². The van der Waals surface area contributed by atoms with Crippen molar-refractivity contribution < 1.29 is 13.2 Å². The summed E-state index contributed by atoms with van der Waals surface area (Å²) in [5, 5.41) is 0. The highest BCUT2D eigenvalue weighted by Gasteiger charge is 2.27. The topological polar surface area (TPSA) is 61.9 Å². The number of hydrogen-bond acceptors (Lipinski definition) is 5. The van der Waals surface area contributed by atoms with Crippen LogP contribution in [0.2, 0.25) is 0 Å². The largest absolute Gasteiger partial charge is 0.495 e. The van der Waals surface area contributed by atoms with Crippen LogP contribution in [-0.4, -0.2) is 71.1 Å². The molecule has 0 radical (unpaired) electrons. The van der Waals surface area contributed by atoms with Gasteiger partial charge in [0.2, 0.25) is 10.0 Å². The third-order valence-electron chi connectivity index (χ3n) is 5.38. The fraction of sp³-hybridized carbons (Fsp3) is 0.700. The fourth-order valence-corrected chi connectivity index (χ4v) is 4.82. The number of sulfonamides is 1. The van der Waals surface area contributed by atoms with E-state index in [9.17, 15) is 8.42 Å². The van der Waals surface area contributed by atoms with Crippen LogP contribution in [0.5, 0.6) is 5.75 Å². The molecule has 154 valence electrons. The minimum Gasteiger partial charge on any atom is -0.495 e. The molecule has 1 aliphatic heterocycles. The Morgan fingerprint density at radius 2 is 1.70 bits per heavy atom. The number of aryl methyl sites for hydroxylation is 2. The first-order valence-corrected chi connectivity index (χ1v) is 11.2. The predicted molar refractivity (Wildman–Crippen MR) is 110 cm³/mol. The average molecular weight is 398 g/mol. The first kappa shape index (κ1) is 22.1. The molecule has 0 saturated carbocycles. The van der Waals surface area contributed by atoms with Crippen molar-refractivity contribution in [2.24, 2.45) is 5.92 Å². The highest BCUT2D eigenvalue weighted by atomic mass is 32.2. The molecule has 1 saturated heterocycles. The number of piperazine rings is 1. The van der Waals surface area contributed by atoms with E-state index in [1.165, 1.54) is 7.11 Å². The molecule has 0 spiro atoms. The van der Waals surface area contributed by atoms with Crippen LogP contribution in [0, 0.1) is 19.8 Å². The van der Waals surface area contributed by atoms with Crippen molar-refractivity contribution in [3.63, 3.8) is 0 Å². The molecule has 0 bridgehead atoms. The Hall–Kier alpha value is -1.15. The van der Waals surface area contributed by atoms with Gasteiger partial charge in [-0.15, -0.1) is 0 Å². The maximum atomic E-state index is 13.0. The lowest BCUT2D eigenvalue weighted by Gasteiger charge is -2.38. The molecule has 2 rings (SSSR count). The molecule has 6 nitrogen and oxygen atoms in total. The lowest BCUT2D eigenvalue weighted by atomic mass is 10.0. The minimum atomic E-state index is -3.63. The van der Waals surface area contributed by atoms with Gasteiger partial charge in [0.15, 0.2) is 0 Å². The normalized spacial score (nSPS) is 18.0. The highest BCUT2D eigenvalue weighted by Crippen LogP contribution is 2.27. The number of ether oxygens (including phenoxy) is 1. The van der Waals surface area contributed by atoms with E-state index in [1.807, 2.05) is 13.8 Å². The predicted octanol–water partition coefficient (Wildman–Crippen LogP) is 2.25. The van der Waals surface area contributed by atoms with Crippen molar-refractivity contribution >= 4 is 10.0 Å². The van der Waals surface area contributed by atoms with Crippen LogP contribution in [0.25, 0.3) is 0 Å². The molecule has 0 amide bonds. The summed E-state index contributed by atoms with van der Waals surface area (Å²) in [6.45, 7) is 12.6. The summed E-state index contributed by atoms with van der Waals surface area (Å²) >= 11 is 0. The van der Waals surface area contributed by atoms with Gasteiger partial charge in [-0.25, -0.2) is 13.1 Å². The van der Waals surface area contributed by atoms with Gasteiger partial charge in [0, 0.05) is 38.8 Å². The summed E-state index contributed by atoms with van der Waals surface area (Å²) in [5.74, 6) is 0.904. The van der Waals surface area contributed by atoms with E-state index in [0.717, 1.165) is 43.7 Å². The Bertz CT molecular complexity index is 726. The molecule has 1 atom stereocenters. The highest BCUT2D eigenvalue weighted by molar-refractivity contribution is 7.89. The minimum absolute atomic E-state index is 0.200. The van der Waals surface area contributed by atoms with Crippen LogP contribution in [0.15, 0.2) is 17.0 Å². The van der Waals surface area contributed by atoms with Gasteiger partial charge >= 0.3 is 0 Å². The summed E-state index contributed by atoms with van der Waals surface area (Å²) in [4.78, 5) is 4.95. The molecule has 7 heteroatoms. The molecule has 1 heterocycles. The SMILES string of the molecule is COc1cc(C)c(C)cc1S(=O)(=O)NCC(CC(C)C)N1CCN(C)CC1. The number of nitrogens with zero attached hydrogens (tertiary/aromatic N) is 2. The Labute approximate surface area is 164 Å². The van der Waals surface area contributed by atoms with Crippen molar-refractivity contribution in [1.29, 1.82) is 0 Å². The van der Waals surface area contributed by atoms with Gasteiger partial charge in [0.1, 0.15) is 10.6 Å². The van der Waals surface area contributed by atoms with Crippen molar-refractivity contribution in [3.8, 4) is 5.75 Å². The average Bonchev–Trinajstić information content (AvgIpc) is 2.61. The van der Waals surface area contributed by atoms with Crippen molar-refractivity contribution in [1.82, 2.24) is 14.5 Å². The van der Waals surface area contributed by atoms with E-state index in [1.54, 1.807) is 12.1 Å². The summed E-state index contributed by atoms with van der Waals surface area (Å²) in [6.07, 6.45) is 0.969. The number of rotatable bonds is 8. The van der Waals surface area contributed by atoms with Crippen LogP contribution in [-0.2, 0) is 10.0 Å². The second kappa shape index (κ2) is 9.37. The van der Waals surface area contributed by atoms with Crippen molar-refractivity contribution in [2.75, 3.05) is 46.9 Å². The second-order valence-electron chi connectivity index (χ2n) is 8.06. The van der Waals surface area contributed by atoms with E-state index in [-0.39, 0.29) is 10.9 Å². The number of benzene rings is 1. The van der Waals surface area contributed by atoms with Gasteiger partial charge < -0.3 is 9.64 Å². The molecule has 1 aromatic carbocycles. The van der Waals surface area contributed by atoms with Gasteiger partial charge in [-0.1, -0.05) is 13.8 Å². The summed E-state index contributed by atoms with van der Waals surface area (Å²) in [6, 6.07) is 3.69. The Balaban J connectivity index is 2.16. The number of nitrogens with one attached hydrogen (secondary N) is 1. The van der Waals surface area contributed by atoms with Gasteiger partial charge in [-0.2, -0.15) is 0 Å². The smallest absolute Gasteiger partial charge is 0.244 e. The third-order valence-corrected chi connectivity index (χ3v) is 6.82. The molecule has 1 N–H and O–H groups in total. The fourth-order valence-electron chi connectivity index (χ4n) is 3.51. The molecular weight excluding hydrogens is 362 g/mol. The first-order valence-electron chi connectivity index (χ1n) is 9.71. The number of hydrogen-bond donors (Lipinski definition) is 1. The van der Waals surface area contributed by atoms with Gasteiger partial charge in [-0.05, 0) is 56.5 Å². The van der Waals surface area contributed by atoms with E-state index in [0.29, 0.717) is 18.2 Å². The maximum absolute atomic E-state index is 13.0. The van der Waals surface area contributed by atoms with E-state index in [4.69, 9.17) is 4.74 Å². The van der Waals surface area contributed by atoms with Gasteiger partial charge in [-0.3, -0.25) is 4.90 Å². The molecular formula is C20H35N3O3S. The Kier molecular flexibility index (Phi) is 7.68. The standard InChI is InChI=1S/C20H35N3O3S/c1-15(2)11-18(23-9-7-22(5)8-10-23)14-21-27(24,25)20-13-17(4)16(3)12-19(20)26-6/h12-13,15,18,21H,7-11,14H2,1-6H3. The van der Waals surface area contributed by atoms with E-state index in [2.05, 4.69) is 35.4 Å². The zero-order valence-electron chi connectivity index (χ0n) is 17.6. The summed E-state index contributed by atoms with van der Waals surface area (Å²) < 4.78 is 34.1. The van der Waals surface area contributed by atoms with Gasteiger partial charge in [0.05, 0.1) is 7.11 Å². The maximum Gasteiger partial charge on any atom is 0.244 e. The lowest BCUT2D eigenvalue weighted by Crippen LogP contribution is -2.52. The zero-order valence-corrected chi connectivity index (χ0v) is 18.4. The third kappa shape index (κ3) is 5.91. The van der Waals surface area contributed by atoms with Crippen molar-refractivity contribution in [2.45, 2.75) is 45.1 Å². The van der Waals surface area contributed by atoms with Crippen molar-refractivity contribution in [3.05, 3.63) is 23.3 Å². The van der Waals surface area contributed by atoms with E-state index >= 15 is 0 Å². The first-order chi connectivity index (χ1) is 12.6. The Morgan fingerprint density at radius 3 is 2.26 bits per heavy atom. The lowest BCUT2D eigenvalue weighted by molar-refractivity contribution is 0.102. The summed E-state index contributed by atoms with van der Waals surface area (Å²) in [5.41, 5.74) is 1.95. The van der Waals surface area contributed by atoms with Crippen LogP contribution in [0.1, 0.15) is 31.4 Å². The number of likely N-dealkylation sites (N-methyl/N-ethyl adjacent to an activating group) is 1. The second-order valence-corrected chi connectivity index (χ2v) is 9.80. The molecule has 1 aliphatic rings. The molecule has 1 aromatic rings. The zero-order chi connectivity index (χ0) is 20.2. The van der Waals surface area contributed by atoms with Crippen LogP contribution in [0.3, 0.4) is 0 Å². The molecule has 0 aliphatic carbocycles. The monoisotopic (exact) mass is 397 g/mol. The quantitative estimate of drug-likeness (QED) is 0.729. The number of methoxy groups -OCH3 is 1. The van der Waals surface area contributed by atoms with Gasteiger partial charge in [0.25, 0.3) is 0 Å². The van der Waals surface area contributed by atoms with Crippen LogP contribution in [0.4, 0.5) is 0 Å². The molecule has 1 unspecified atom stereocenters. The molecule has 27 heavy (non-hydrogen) atoms. The summed E-state index contributed by atoms with van der Waals surface area (Å²) in [7, 11) is 0.00266. The molecule has 1 fully saturated rings.